The minimum Gasteiger partial charge on any atom is -0.398 e. The summed E-state index contributed by atoms with van der Waals surface area (Å²) in [5.41, 5.74) is 8.44. The summed E-state index contributed by atoms with van der Waals surface area (Å²) in [5.74, 6) is 0. The minimum atomic E-state index is 0.755. The summed E-state index contributed by atoms with van der Waals surface area (Å²) in [6, 6.07) is 26.0. The predicted octanol–water partition coefficient (Wildman–Crippen LogP) is 5.99. The van der Waals surface area contributed by atoms with Gasteiger partial charge in [0.25, 0.3) is 0 Å². The van der Waals surface area contributed by atoms with Gasteiger partial charge in [-0.05, 0) is 35.0 Å². The highest BCUT2D eigenvalue weighted by atomic mass is 15.1. The van der Waals surface area contributed by atoms with Crippen LogP contribution in [0.3, 0.4) is 0 Å². The second kappa shape index (κ2) is 5.54. The van der Waals surface area contributed by atoms with E-state index in [9.17, 15) is 0 Å². The molecule has 0 aliphatic rings. The number of nitrogen functional groups attached to an aromatic ring is 1. The summed E-state index contributed by atoms with van der Waals surface area (Å²) < 4.78 is 0. The summed E-state index contributed by atoms with van der Waals surface area (Å²) >= 11 is 0. The van der Waals surface area contributed by atoms with Gasteiger partial charge in [0.1, 0.15) is 0 Å². The Balaban J connectivity index is 1.77. The van der Waals surface area contributed by atoms with Crippen LogP contribution >= 0.6 is 0 Å². The number of anilines is 1. The van der Waals surface area contributed by atoms with Crippen molar-refractivity contribution >= 4 is 38.6 Å². The molecule has 0 aliphatic carbocycles. The molecule has 0 aromatic heterocycles. The van der Waals surface area contributed by atoms with Crippen LogP contribution in [0.4, 0.5) is 17.1 Å². The van der Waals surface area contributed by atoms with Crippen LogP contribution < -0.4 is 5.73 Å². The van der Waals surface area contributed by atoms with E-state index in [1.807, 2.05) is 60.7 Å². The largest absolute Gasteiger partial charge is 0.398 e. The average Bonchev–Trinajstić information content (AvgIpc) is 2.61. The lowest BCUT2D eigenvalue weighted by Gasteiger charge is -2.04. The number of fused-ring (bicyclic) bond motifs is 2. The highest BCUT2D eigenvalue weighted by molar-refractivity contribution is 6.00. The monoisotopic (exact) mass is 297 g/mol. The minimum absolute atomic E-state index is 0.755. The molecule has 110 valence electrons. The molecule has 0 amide bonds. The van der Waals surface area contributed by atoms with Gasteiger partial charge < -0.3 is 5.73 Å². The summed E-state index contributed by atoms with van der Waals surface area (Å²) in [6.45, 7) is 0. The second-order valence-electron chi connectivity index (χ2n) is 5.45. The van der Waals surface area contributed by atoms with Crippen molar-refractivity contribution in [2.24, 2.45) is 10.2 Å². The Morgan fingerprint density at radius 3 is 2.22 bits per heavy atom. The lowest BCUT2D eigenvalue weighted by molar-refractivity contribution is 1.25. The highest BCUT2D eigenvalue weighted by Gasteiger charge is 2.02. The van der Waals surface area contributed by atoms with Crippen LogP contribution in [0.5, 0.6) is 0 Å². The summed E-state index contributed by atoms with van der Waals surface area (Å²) in [5, 5.41) is 13.2. The molecule has 0 fully saturated rings. The Bertz CT molecular complexity index is 1040. The van der Waals surface area contributed by atoms with E-state index in [2.05, 4.69) is 28.4 Å². The zero-order valence-corrected chi connectivity index (χ0v) is 12.5. The van der Waals surface area contributed by atoms with Gasteiger partial charge in [0.15, 0.2) is 0 Å². The van der Waals surface area contributed by atoms with Crippen molar-refractivity contribution < 1.29 is 0 Å². The van der Waals surface area contributed by atoms with Crippen LogP contribution in [-0.2, 0) is 0 Å². The lowest BCUT2D eigenvalue weighted by Crippen LogP contribution is -1.86. The lowest BCUT2D eigenvalue weighted by atomic mass is 10.1. The molecule has 3 nitrogen and oxygen atoms in total. The van der Waals surface area contributed by atoms with Gasteiger partial charge in [-0.3, -0.25) is 0 Å². The zero-order chi connectivity index (χ0) is 15.6. The van der Waals surface area contributed by atoms with Crippen molar-refractivity contribution in [3.8, 4) is 0 Å². The maximum Gasteiger partial charge on any atom is 0.0936 e. The fourth-order valence-corrected chi connectivity index (χ4v) is 2.74. The zero-order valence-electron chi connectivity index (χ0n) is 12.5. The van der Waals surface area contributed by atoms with Gasteiger partial charge in [-0.25, -0.2) is 0 Å². The molecule has 0 unspecified atom stereocenters. The smallest absolute Gasteiger partial charge is 0.0936 e. The molecule has 4 aromatic rings. The molecule has 0 heterocycles. The third-order valence-electron chi connectivity index (χ3n) is 3.94. The molecule has 0 saturated carbocycles. The molecule has 23 heavy (non-hydrogen) atoms. The van der Waals surface area contributed by atoms with Gasteiger partial charge >= 0.3 is 0 Å². The topological polar surface area (TPSA) is 50.7 Å². The Kier molecular flexibility index (Phi) is 3.24. The van der Waals surface area contributed by atoms with Gasteiger partial charge in [-0.2, -0.15) is 5.11 Å². The molecule has 3 heteroatoms. The van der Waals surface area contributed by atoms with E-state index in [1.54, 1.807) is 0 Å². The van der Waals surface area contributed by atoms with Crippen LogP contribution in [0.25, 0.3) is 21.5 Å². The fraction of sp³-hybridized carbons (Fsp3) is 0. The van der Waals surface area contributed by atoms with Gasteiger partial charge in [0, 0.05) is 16.5 Å². The van der Waals surface area contributed by atoms with Gasteiger partial charge in [0.05, 0.1) is 11.4 Å². The predicted molar refractivity (Wildman–Crippen MR) is 96.5 cm³/mol. The van der Waals surface area contributed by atoms with Gasteiger partial charge in [-0.1, -0.05) is 54.6 Å². The molecule has 0 bridgehead atoms. The number of benzene rings is 4. The quantitative estimate of drug-likeness (QED) is 0.358. The molecule has 2 N–H and O–H groups in total. The average molecular weight is 297 g/mol. The fourth-order valence-electron chi connectivity index (χ4n) is 2.74. The molecule has 0 aliphatic heterocycles. The van der Waals surface area contributed by atoms with Gasteiger partial charge in [-0.15, -0.1) is 5.11 Å². The van der Waals surface area contributed by atoms with Crippen molar-refractivity contribution in [1.82, 2.24) is 0 Å². The number of hydrogen-bond acceptors (Lipinski definition) is 3. The molecule has 0 radical (unpaired) electrons. The molecule has 4 rings (SSSR count). The van der Waals surface area contributed by atoms with E-state index in [0.29, 0.717) is 0 Å². The Labute approximate surface area is 134 Å². The Hall–Kier alpha value is -3.20. The van der Waals surface area contributed by atoms with E-state index in [4.69, 9.17) is 5.73 Å². The van der Waals surface area contributed by atoms with Gasteiger partial charge in [0.2, 0.25) is 0 Å². The maximum absolute atomic E-state index is 6.02. The molecule has 0 spiro atoms. The SMILES string of the molecule is Nc1ccc(N=Nc2ccc3ccccc3c2)c2ccccc12. The number of hydrogen-bond donors (Lipinski definition) is 1. The molecule has 4 aromatic carbocycles. The summed E-state index contributed by atoms with van der Waals surface area (Å²) in [4.78, 5) is 0. The standard InChI is InChI=1S/C20H15N3/c21-19-11-12-20(18-8-4-3-7-17(18)19)23-22-16-10-9-14-5-1-2-6-15(14)13-16/h1-13H,21H2. The first-order chi connectivity index (χ1) is 11.3. The van der Waals surface area contributed by atoms with Crippen molar-refractivity contribution in [2.75, 3.05) is 5.73 Å². The van der Waals surface area contributed by atoms with E-state index < -0.39 is 0 Å². The number of nitrogens with zero attached hydrogens (tertiary/aromatic N) is 2. The first kappa shape index (κ1) is 13.5. The van der Waals surface area contributed by atoms with E-state index in [0.717, 1.165) is 33.2 Å². The van der Waals surface area contributed by atoms with Crippen LogP contribution in [0.1, 0.15) is 0 Å². The van der Waals surface area contributed by atoms with Crippen LogP contribution in [-0.4, -0.2) is 0 Å². The second-order valence-corrected chi connectivity index (χ2v) is 5.45. The highest BCUT2D eigenvalue weighted by Crippen LogP contribution is 2.31. The van der Waals surface area contributed by atoms with E-state index >= 15 is 0 Å². The van der Waals surface area contributed by atoms with Crippen LogP contribution in [0.15, 0.2) is 89.1 Å². The Morgan fingerprint density at radius 2 is 1.35 bits per heavy atom. The molecule has 0 saturated heterocycles. The summed E-state index contributed by atoms with van der Waals surface area (Å²) in [7, 11) is 0. The third kappa shape index (κ3) is 2.53. The number of rotatable bonds is 2. The molecular weight excluding hydrogens is 282 g/mol. The first-order valence-electron chi connectivity index (χ1n) is 7.49. The number of nitrogens with two attached hydrogens (primary N) is 1. The van der Waals surface area contributed by atoms with E-state index in [-0.39, 0.29) is 0 Å². The third-order valence-corrected chi connectivity index (χ3v) is 3.94. The van der Waals surface area contributed by atoms with Crippen LogP contribution in [0.2, 0.25) is 0 Å². The molecule has 0 atom stereocenters. The molecular formula is C20H15N3. The van der Waals surface area contributed by atoms with Crippen molar-refractivity contribution in [2.45, 2.75) is 0 Å². The first-order valence-corrected chi connectivity index (χ1v) is 7.49. The maximum atomic E-state index is 6.02. The number of azo groups is 1. The van der Waals surface area contributed by atoms with E-state index in [1.165, 1.54) is 5.39 Å². The van der Waals surface area contributed by atoms with Crippen molar-refractivity contribution in [1.29, 1.82) is 0 Å². The van der Waals surface area contributed by atoms with Crippen molar-refractivity contribution in [3.63, 3.8) is 0 Å². The van der Waals surface area contributed by atoms with Crippen molar-refractivity contribution in [3.05, 3.63) is 78.9 Å². The Morgan fingerprint density at radius 1 is 0.609 bits per heavy atom. The van der Waals surface area contributed by atoms with Crippen LogP contribution in [0, 0.1) is 0 Å². The summed E-state index contributed by atoms with van der Waals surface area (Å²) in [6.07, 6.45) is 0. The normalized spacial score (nSPS) is 11.5.